The van der Waals surface area contributed by atoms with Crippen molar-refractivity contribution in [3.63, 3.8) is 0 Å². The number of azide groups is 1. The van der Waals surface area contributed by atoms with Gasteiger partial charge in [-0.25, -0.2) is 4.79 Å². The molecule has 0 atom stereocenters. The Bertz CT molecular complexity index is 508. The monoisotopic (exact) mass is 229 g/mol. The summed E-state index contributed by atoms with van der Waals surface area (Å²) in [5, 5.41) is 3.29. The largest absolute Gasteiger partial charge is 0.462 e. The molecular weight excluding hydrogens is 218 g/mol. The molecular formula is C12H11N3O2. The van der Waals surface area contributed by atoms with Crippen LogP contribution in [0.4, 0.5) is 0 Å². The first-order valence-corrected chi connectivity index (χ1v) is 5.05. The third kappa shape index (κ3) is 4.29. The molecule has 86 valence electrons. The summed E-state index contributed by atoms with van der Waals surface area (Å²) in [6.07, 6.45) is 0. The minimum atomic E-state index is -0.369. The molecule has 1 rings (SSSR count). The summed E-state index contributed by atoms with van der Waals surface area (Å²) in [4.78, 5) is 14.0. The summed E-state index contributed by atoms with van der Waals surface area (Å²) in [5.41, 5.74) is 9.21. The second kappa shape index (κ2) is 6.94. The normalized spacial score (nSPS) is 8.53. The fraction of sp³-hybridized carbons (Fsp3) is 0.250. The first-order valence-electron chi connectivity index (χ1n) is 5.05. The first kappa shape index (κ1) is 12.6. The molecule has 0 aliphatic heterocycles. The van der Waals surface area contributed by atoms with Gasteiger partial charge in [-0.15, -0.1) is 0 Å². The summed E-state index contributed by atoms with van der Waals surface area (Å²) in [6, 6.07) is 6.80. The van der Waals surface area contributed by atoms with Crippen molar-refractivity contribution in [1.82, 2.24) is 0 Å². The van der Waals surface area contributed by atoms with Gasteiger partial charge in [0.2, 0.25) is 0 Å². The molecule has 0 aromatic heterocycles. The third-order valence-corrected chi connectivity index (χ3v) is 1.82. The molecule has 0 saturated carbocycles. The van der Waals surface area contributed by atoms with Crippen LogP contribution >= 0.6 is 0 Å². The molecule has 0 unspecified atom stereocenters. The Kier molecular flexibility index (Phi) is 5.15. The van der Waals surface area contributed by atoms with Gasteiger partial charge in [-0.05, 0) is 30.7 Å². The van der Waals surface area contributed by atoms with Gasteiger partial charge in [0.15, 0.2) is 0 Å². The fourth-order valence-corrected chi connectivity index (χ4v) is 1.15. The van der Waals surface area contributed by atoms with Crippen molar-refractivity contribution < 1.29 is 9.53 Å². The Morgan fingerprint density at radius 3 is 3.12 bits per heavy atom. The van der Waals surface area contributed by atoms with Crippen molar-refractivity contribution in [3.05, 3.63) is 45.8 Å². The Labute approximate surface area is 99.0 Å². The number of esters is 1. The smallest absolute Gasteiger partial charge is 0.338 e. The van der Waals surface area contributed by atoms with Gasteiger partial charge < -0.3 is 4.74 Å². The standard InChI is InChI=1S/C12H11N3O2/c1-2-17-12(16)11-7-3-5-10(9-11)6-4-8-14-15-13/h3,5,7,9H,2,8H2,1H3. The van der Waals surface area contributed by atoms with E-state index in [0.29, 0.717) is 17.7 Å². The second-order valence-corrected chi connectivity index (χ2v) is 2.99. The molecule has 0 aliphatic carbocycles. The number of rotatable bonds is 3. The zero-order chi connectivity index (χ0) is 12.5. The number of hydrogen-bond acceptors (Lipinski definition) is 3. The van der Waals surface area contributed by atoms with E-state index in [0.717, 1.165) is 0 Å². The molecule has 0 spiro atoms. The van der Waals surface area contributed by atoms with Gasteiger partial charge in [0.1, 0.15) is 0 Å². The average Bonchev–Trinajstić information content (AvgIpc) is 2.35. The van der Waals surface area contributed by atoms with E-state index >= 15 is 0 Å². The summed E-state index contributed by atoms with van der Waals surface area (Å²) in [6.45, 7) is 2.20. The second-order valence-electron chi connectivity index (χ2n) is 2.99. The highest BCUT2D eigenvalue weighted by molar-refractivity contribution is 5.89. The van der Waals surface area contributed by atoms with Crippen LogP contribution in [-0.4, -0.2) is 19.1 Å². The molecule has 0 radical (unpaired) electrons. The Hall–Kier alpha value is -2.44. The Balaban J connectivity index is 2.80. The van der Waals surface area contributed by atoms with Gasteiger partial charge in [-0.3, -0.25) is 0 Å². The summed E-state index contributed by atoms with van der Waals surface area (Å²) in [5.74, 6) is 5.10. The third-order valence-electron chi connectivity index (χ3n) is 1.82. The predicted molar refractivity (Wildman–Crippen MR) is 63.3 cm³/mol. The molecule has 17 heavy (non-hydrogen) atoms. The minimum Gasteiger partial charge on any atom is -0.462 e. The number of nitrogens with zero attached hydrogens (tertiary/aromatic N) is 3. The quantitative estimate of drug-likeness (QED) is 0.262. The lowest BCUT2D eigenvalue weighted by Gasteiger charge is -2.01. The molecule has 0 fully saturated rings. The number of carbonyl (C=O) groups excluding carboxylic acids is 1. The van der Waals surface area contributed by atoms with Gasteiger partial charge >= 0.3 is 5.97 Å². The molecule has 1 aromatic rings. The van der Waals surface area contributed by atoms with E-state index in [1.807, 2.05) is 0 Å². The molecule has 0 bridgehead atoms. The molecule has 0 saturated heterocycles. The first-order chi connectivity index (χ1) is 8.27. The lowest BCUT2D eigenvalue weighted by molar-refractivity contribution is 0.0526. The average molecular weight is 229 g/mol. The highest BCUT2D eigenvalue weighted by atomic mass is 16.5. The topological polar surface area (TPSA) is 75.1 Å². The number of carbonyl (C=O) groups is 1. The minimum absolute atomic E-state index is 0.111. The number of hydrogen-bond donors (Lipinski definition) is 0. The summed E-state index contributed by atoms with van der Waals surface area (Å²) in [7, 11) is 0. The molecule has 1 aromatic carbocycles. The van der Waals surface area contributed by atoms with Crippen LogP contribution in [0.2, 0.25) is 0 Å². The van der Waals surface area contributed by atoms with Gasteiger partial charge in [-0.1, -0.05) is 23.0 Å². The van der Waals surface area contributed by atoms with Gasteiger partial charge in [0.25, 0.3) is 0 Å². The van der Waals surface area contributed by atoms with Crippen molar-refractivity contribution in [3.8, 4) is 11.8 Å². The van der Waals surface area contributed by atoms with Crippen LogP contribution in [0.1, 0.15) is 22.8 Å². The highest BCUT2D eigenvalue weighted by Gasteiger charge is 2.05. The van der Waals surface area contributed by atoms with E-state index in [4.69, 9.17) is 10.3 Å². The molecule has 5 nitrogen and oxygen atoms in total. The van der Waals surface area contributed by atoms with Crippen molar-refractivity contribution in [2.45, 2.75) is 6.92 Å². The van der Waals surface area contributed by atoms with E-state index in [-0.39, 0.29) is 12.5 Å². The lowest BCUT2D eigenvalue weighted by Crippen LogP contribution is -2.04. The van der Waals surface area contributed by atoms with Crippen LogP contribution < -0.4 is 0 Å². The van der Waals surface area contributed by atoms with E-state index in [1.165, 1.54) is 0 Å². The number of benzene rings is 1. The van der Waals surface area contributed by atoms with Crippen LogP contribution in [-0.2, 0) is 4.74 Å². The Morgan fingerprint density at radius 2 is 2.41 bits per heavy atom. The van der Waals surface area contributed by atoms with Crippen molar-refractivity contribution in [2.24, 2.45) is 5.11 Å². The van der Waals surface area contributed by atoms with Gasteiger partial charge in [-0.2, -0.15) is 0 Å². The van der Waals surface area contributed by atoms with Crippen LogP contribution in [0, 0.1) is 11.8 Å². The van der Waals surface area contributed by atoms with Crippen LogP contribution in [0.3, 0.4) is 0 Å². The SMILES string of the molecule is CCOC(=O)c1cccc(C#CCN=[N+]=[N-])c1. The molecule has 0 aliphatic rings. The van der Waals surface area contributed by atoms with E-state index in [2.05, 4.69) is 21.9 Å². The summed E-state index contributed by atoms with van der Waals surface area (Å²) < 4.78 is 4.87. The predicted octanol–water partition coefficient (Wildman–Crippen LogP) is 2.53. The van der Waals surface area contributed by atoms with E-state index < -0.39 is 0 Å². The molecule has 0 heterocycles. The van der Waals surface area contributed by atoms with Crippen LogP contribution in [0.25, 0.3) is 10.4 Å². The molecule has 5 heteroatoms. The number of ether oxygens (including phenoxy) is 1. The Morgan fingerprint density at radius 1 is 1.59 bits per heavy atom. The van der Waals surface area contributed by atoms with Gasteiger partial charge in [0.05, 0.1) is 18.7 Å². The maximum Gasteiger partial charge on any atom is 0.338 e. The lowest BCUT2D eigenvalue weighted by atomic mass is 10.1. The van der Waals surface area contributed by atoms with Crippen molar-refractivity contribution in [1.29, 1.82) is 0 Å². The summed E-state index contributed by atoms with van der Waals surface area (Å²) >= 11 is 0. The van der Waals surface area contributed by atoms with Crippen LogP contribution in [0.15, 0.2) is 29.4 Å². The highest BCUT2D eigenvalue weighted by Crippen LogP contribution is 2.05. The molecule has 0 N–H and O–H groups in total. The van der Waals surface area contributed by atoms with Crippen LogP contribution in [0.5, 0.6) is 0 Å². The fourth-order valence-electron chi connectivity index (χ4n) is 1.15. The maximum absolute atomic E-state index is 11.4. The van der Waals surface area contributed by atoms with Gasteiger partial charge in [0, 0.05) is 10.5 Å². The van der Waals surface area contributed by atoms with E-state index in [9.17, 15) is 4.79 Å². The van der Waals surface area contributed by atoms with Crippen molar-refractivity contribution in [2.75, 3.05) is 13.2 Å². The van der Waals surface area contributed by atoms with E-state index in [1.54, 1.807) is 31.2 Å². The maximum atomic E-state index is 11.4. The zero-order valence-corrected chi connectivity index (χ0v) is 9.38. The van der Waals surface area contributed by atoms with Crippen molar-refractivity contribution >= 4 is 5.97 Å². The molecule has 0 amide bonds. The zero-order valence-electron chi connectivity index (χ0n) is 9.38.